The summed E-state index contributed by atoms with van der Waals surface area (Å²) in [5, 5.41) is 19.0. The van der Waals surface area contributed by atoms with Crippen molar-refractivity contribution in [2.75, 3.05) is 0 Å². The molecule has 0 amide bonds. The van der Waals surface area contributed by atoms with Gasteiger partial charge in [-0.1, -0.05) is 72.8 Å². The molecule has 0 spiro atoms. The maximum atomic E-state index is 11.6. The van der Waals surface area contributed by atoms with Crippen molar-refractivity contribution in [3.63, 3.8) is 0 Å². The van der Waals surface area contributed by atoms with Gasteiger partial charge in [0.2, 0.25) is 0 Å². The molecule has 0 heterocycles. The van der Waals surface area contributed by atoms with Crippen molar-refractivity contribution in [1.29, 1.82) is 0 Å². The van der Waals surface area contributed by atoms with Gasteiger partial charge < -0.3 is 10.2 Å². The molecule has 5 rings (SSSR count). The second kappa shape index (κ2) is 7.67. The minimum Gasteiger partial charge on any atom is -0.478 e. The lowest BCUT2D eigenvalue weighted by Gasteiger charge is -2.04. The molecule has 3 aromatic carbocycles. The average Bonchev–Trinajstić information content (AvgIpc) is 3.35. The summed E-state index contributed by atoms with van der Waals surface area (Å²) in [6, 6.07) is 22.9. The van der Waals surface area contributed by atoms with E-state index in [1.807, 2.05) is 84.9 Å². The first-order chi connectivity index (χ1) is 15.5. The molecule has 0 unspecified atom stereocenters. The fourth-order valence-electron chi connectivity index (χ4n) is 4.20. The van der Waals surface area contributed by atoms with E-state index in [-0.39, 0.29) is 0 Å². The molecule has 0 atom stereocenters. The van der Waals surface area contributed by atoms with E-state index in [1.54, 1.807) is 12.2 Å². The van der Waals surface area contributed by atoms with Crippen LogP contribution >= 0.6 is 0 Å². The Labute approximate surface area is 184 Å². The summed E-state index contributed by atoms with van der Waals surface area (Å²) in [5.74, 6) is -1.87. The third-order valence-corrected chi connectivity index (χ3v) is 5.70. The molecule has 3 aromatic rings. The maximum Gasteiger partial charge on any atom is 0.336 e. The van der Waals surface area contributed by atoms with Crippen molar-refractivity contribution in [1.82, 2.24) is 0 Å². The second-order valence-corrected chi connectivity index (χ2v) is 7.68. The summed E-state index contributed by atoms with van der Waals surface area (Å²) in [6.45, 7) is 0. The Balaban J connectivity index is 1.48. The lowest BCUT2D eigenvalue weighted by molar-refractivity contribution is -0.131. The predicted octanol–water partition coefficient (Wildman–Crippen LogP) is 5.73. The fraction of sp³-hybridized carbons (Fsp3) is 0. The molecule has 0 radical (unpaired) electrons. The van der Waals surface area contributed by atoms with Gasteiger partial charge in [0.1, 0.15) is 0 Å². The van der Waals surface area contributed by atoms with Gasteiger partial charge in [-0.05, 0) is 68.8 Å². The van der Waals surface area contributed by atoms with Crippen molar-refractivity contribution in [2.24, 2.45) is 0 Å². The molecule has 0 bridgehead atoms. The highest BCUT2D eigenvalue weighted by Crippen LogP contribution is 2.38. The summed E-state index contributed by atoms with van der Waals surface area (Å²) in [4.78, 5) is 23.2. The summed E-state index contributed by atoms with van der Waals surface area (Å²) in [7, 11) is 0. The molecule has 0 aliphatic heterocycles. The summed E-state index contributed by atoms with van der Waals surface area (Å²) in [5.41, 5.74) is 7.51. The Kier molecular flexibility index (Phi) is 4.68. The number of benzene rings is 3. The average molecular weight is 418 g/mol. The van der Waals surface area contributed by atoms with E-state index in [0.717, 1.165) is 44.5 Å². The number of hydrogen-bond donors (Lipinski definition) is 2. The van der Waals surface area contributed by atoms with E-state index < -0.39 is 11.9 Å². The van der Waals surface area contributed by atoms with Gasteiger partial charge in [-0.15, -0.1) is 0 Å². The Morgan fingerprint density at radius 3 is 1.22 bits per heavy atom. The van der Waals surface area contributed by atoms with Crippen LogP contribution in [0.5, 0.6) is 0 Å². The molecular weight excluding hydrogens is 400 g/mol. The molecule has 4 nitrogen and oxygen atoms in total. The van der Waals surface area contributed by atoms with Crippen LogP contribution in [0.3, 0.4) is 0 Å². The van der Waals surface area contributed by atoms with Crippen molar-refractivity contribution < 1.29 is 19.8 Å². The first-order valence-corrected chi connectivity index (χ1v) is 10.1. The molecule has 4 heteroatoms. The van der Waals surface area contributed by atoms with Crippen LogP contribution in [0.15, 0.2) is 84.9 Å². The Morgan fingerprint density at radius 2 is 0.875 bits per heavy atom. The van der Waals surface area contributed by atoms with Gasteiger partial charge in [0.25, 0.3) is 0 Å². The molecule has 0 fully saturated rings. The van der Waals surface area contributed by atoms with Crippen molar-refractivity contribution in [2.45, 2.75) is 0 Å². The molecule has 154 valence electrons. The topological polar surface area (TPSA) is 74.6 Å². The Hall–Kier alpha value is -4.44. The van der Waals surface area contributed by atoms with Crippen LogP contribution in [-0.4, -0.2) is 22.2 Å². The van der Waals surface area contributed by atoms with Crippen molar-refractivity contribution in [3.8, 4) is 0 Å². The zero-order valence-corrected chi connectivity index (χ0v) is 16.9. The quantitative estimate of drug-likeness (QED) is 0.567. The van der Waals surface area contributed by atoms with Gasteiger partial charge in [-0.3, -0.25) is 0 Å². The minimum absolute atomic E-state index is 0.300. The number of aliphatic carboxylic acids is 2. The standard InChI is InChI=1S/C28H18O4/c29-27(30)25-15-19(21-5-1-3-7-23(21)25)13-17-9-11-18(12-10-17)14-20-16-26(28(31)32)24-8-4-2-6-22(20)24/h1-16H,(H,29,30)(H,31,32). The van der Waals surface area contributed by atoms with Gasteiger partial charge in [0.15, 0.2) is 0 Å². The number of carboxylic acid groups (broad SMARTS) is 2. The predicted molar refractivity (Wildman–Crippen MR) is 126 cm³/mol. The van der Waals surface area contributed by atoms with Crippen LogP contribution in [0.1, 0.15) is 33.4 Å². The SMILES string of the molecule is O=C(O)C1=CC(=Cc2ccc(C=C3C=C(C(=O)O)c4ccccc43)cc2)c2ccccc21. The Morgan fingerprint density at radius 1 is 0.531 bits per heavy atom. The highest BCUT2D eigenvalue weighted by Gasteiger charge is 2.23. The first kappa shape index (κ1) is 19.5. The molecule has 0 saturated carbocycles. The number of fused-ring (bicyclic) bond motifs is 2. The smallest absolute Gasteiger partial charge is 0.336 e. The van der Waals surface area contributed by atoms with Gasteiger partial charge in [0.05, 0.1) is 11.1 Å². The zero-order valence-electron chi connectivity index (χ0n) is 16.9. The van der Waals surface area contributed by atoms with E-state index in [9.17, 15) is 19.8 Å². The molecular formula is C28H18O4. The van der Waals surface area contributed by atoms with E-state index >= 15 is 0 Å². The summed E-state index contributed by atoms with van der Waals surface area (Å²) >= 11 is 0. The van der Waals surface area contributed by atoms with Crippen LogP contribution in [0.4, 0.5) is 0 Å². The maximum absolute atomic E-state index is 11.6. The van der Waals surface area contributed by atoms with E-state index in [2.05, 4.69) is 0 Å². The molecule has 0 aromatic heterocycles. The number of carbonyl (C=O) groups is 2. The van der Waals surface area contributed by atoms with E-state index in [0.29, 0.717) is 11.1 Å². The van der Waals surface area contributed by atoms with E-state index in [4.69, 9.17) is 0 Å². The van der Waals surface area contributed by atoms with Crippen LogP contribution in [0.2, 0.25) is 0 Å². The zero-order chi connectivity index (χ0) is 22.2. The summed E-state index contributed by atoms with van der Waals surface area (Å²) < 4.78 is 0. The minimum atomic E-state index is -0.937. The second-order valence-electron chi connectivity index (χ2n) is 7.68. The highest BCUT2D eigenvalue weighted by atomic mass is 16.4. The van der Waals surface area contributed by atoms with Gasteiger partial charge in [0, 0.05) is 0 Å². The largest absolute Gasteiger partial charge is 0.478 e. The van der Waals surface area contributed by atoms with E-state index in [1.165, 1.54) is 0 Å². The normalized spacial score (nSPS) is 16.5. The Bertz CT molecular complexity index is 1290. The highest BCUT2D eigenvalue weighted by molar-refractivity contribution is 6.24. The number of allylic oxidation sites excluding steroid dienone is 4. The third-order valence-electron chi connectivity index (χ3n) is 5.70. The first-order valence-electron chi connectivity index (χ1n) is 10.1. The van der Waals surface area contributed by atoms with Crippen LogP contribution < -0.4 is 0 Å². The number of hydrogen-bond acceptors (Lipinski definition) is 2. The summed E-state index contributed by atoms with van der Waals surface area (Å²) in [6.07, 6.45) is 7.35. The lowest BCUT2D eigenvalue weighted by atomic mass is 10.0. The van der Waals surface area contributed by atoms with Gasteiger partial charge in [-0.2, -0.15) is 0 Å². The molecule has 2 aliphatic carbocycles. The third kappa shape index (κ3) is 3.38. The van der Waals surface area contributed by atoms with Crippen LogP contribution in [-0.2, 0) is 9.59 Å². The lowest BCUT2D eigenvalue weighted by Crippen LogP contribution is -1.97. The fourth-order valence-corrected chi connectivity index (χ4v) is 4.20. The number of carboxylic acids is 2. The van der Waals surface area contributed by atoms with Crippen molar-refractivity contribution >= 4 is 46.4 Å². The molecule has 2 N–H and O–H groups in total. The van der Waals surface area contributed by atoms with Crippen molar-refractivity contribution in [3.05, 3.63) is 118 Å². The molecule has 0 saturated heterocycles. The molecule has 32 heavy (non-hydrogen) atoms. The van der Waals surface area contributed by atoms with Crippen LogP contribution in [0, 0.1) is 0 Å². The number of rotatable bonds is 4. The molecule has 2 aliphatic rings. The van der Waals surface area contributed by atoms with Gasteiger partial charge in [-0.25, -0.2) is 9.59 Å². The van der Waals surface area contributed by atoms with Crippen LogP contribution in [0.25, 0.3) is 34.4 Å². The monoisotopic (exact) mass is 418 g/mol. The van der Waals surface area contributed by atoms with Gasteiger partial charge >= 0.3 is 11.9 Å².